The Morgan fingerprint density at radius 3 is 2.57 bits per heavy atom. The minimum absolute atomic E-state index is 0.0359. The Labute approximate surface area is 178 Å². The minimum atomic E-state index is -0.118. The van der Waals surface area contributed by atoms with Crippen LogP contribution in [0.2, 0.25) is 0 Å². The predicted molar refractivity (Wildman–Crippen MR) is 115 cm³/mol. The third-order valence-electron chi connectivity index (χ3n) is 5.72. The normalized spacial score (nSPS) is 17.0. The Kier molecular flexibility index (Phi) is 7.69. The standard InChI is InChI=1S/C24H32N2O4/c1-4-19(3)26(24(28)20-11-9-18(2)10-12-20)17-23(27)25(15-21-7-5-13-29-21)16-22-8-6-14-30-22/h5,7,9-13,19,22H,4,6,8,14-17H2,1-3H3/t19-,22+/m1/s1. The van der Waals surface area contributed by atoms with E-state index in [9.17, 15) is 9.59 Å². The number of carbonyl (C=O) groups is 2. The lowest BCUT2D eigenvalue weighted by atomic mass is 10.1. The van der Waals surface area contributed by atoms with Gasteiger partial charge in [-0.2, -0.15) is 0 Å². The molecule has 0 unspecified atom stereocenters. The fourth-order valence-electron chi connectivity index (χ4n) is 3.64. The number of rotatable bonds is 9. The van der Waals surface area contributed by atoms with Crippen molar-refractivity contribution in [2.24, 2.45) is 0 Å². The highest BCUT2D eigenvalue weighted by Crippen LogP contribution is 2.17. The molecular formula is C24H32N2O4. The second-order valence-electron chi connectivity index (χ2n) is 8.05. The van der Waals surface area contributed by atoms with E-state index in [4.69, 9.17) is 9.15 Å². The first-order valence-corrected chi connectivity index (χ1v) is 10.8. The van der Waals surface area contributed by atoms with E-state index in [0.29, 0.717) is 18.7 Å². The molecule has 0 aliphatic carbocycles. The minimum Gasteiger partial charge on any atom is -0.467 e. The molecule has 0 spiro atoms. The molecule has 1 aliphatic rings. The van der Waals surface area contributed by atoms with Crippen molar-refractivity contribution in [1.29, 1.82) is 0 Å². The Morgan fingerprint density at radius 2 is 1.97 bits per heavy atom. The van der Waals surface area contributed by atoms with Gasteiger partial charge in [0.1, 0.15) is 12.3 Å². The molecule has 30 heavy (non-hydrogen) atoms. The fourth-order valence-corrected chi connectivity index (χ4v) is 3.64. The Bertz CT molecular complexity index is 810. The van der Waals surface area contributed by atoms with Gasteiger partial charge in [0, 0.05) is 24.8 Å². The van der Waals surface area contributed by atoms with E-state index in [1.54, 1.807) is 16.1 Å². The average Bonchev–Trinajstić information content (AvgIpc) is 3.45. The molecule has 6 nitrogen and oxygen atoms in total. The molecule has 0 N–H and O–H groups in total. The maximum absolute atomic E-state index is 13.3. The summed E-state index contributed by atoms with van der Waals surface area (Å²) >= 11 is 0. The number of ether oxygens (including phenoxy) is 1. The number of amides is 2. The number of aryl methyl sites for hydroxylation is 1. The van der Waals surface area contributed by atoms with Crippen molar-refractivity contribution in [2.45, 2.75) is 58.7 Å². The maximum Gasteiger partial charge on any atom is 0.254 e. The lowest BCUT2D eigenvalue weighted by molar-refractivity contribution is -0.134. The third kappa shape index (κ3) is 5.72. The van der Waals surface area contributed by atoms with Crippen molar-refractivity contribution < 1.29 is 18.7 Å². The van der Waals surface area contributed by atoms with E-state index in [-0.39, 0.29) is 30.5 Å². The van der Waals surface area contributed by atoms with Crippen LogP contribution in [0.3, 0.4) is 0 Å². The number of furan rings is 1. The first-order chi connectivity index (χ1) is 14.5. The van der Waals surface area contributed by atoms with Crippen LogP contribution in [0.25, 0.3) is 0 Å². The zero-order chi connectivity index (χ0) is 21.5. The molecule has 2 heterocycles. The SMILES string of the molecule is CC[C@@H](C)N(CC(=O)N(Cc1ccco1)C[C@@H]1CCCO1)C(=O)c1ccc(C)cc1. The topological polar surface area (TPSA) is 63.0 Å². The Hall–Kier alpha value is -2.60. The van der Waals surface area contributed by atoms with Gasteiger partial charge in [-0.1, -0.05) is 24.6 Å². The van der Waals surface area contributed by atoms with E-state index in [0.717, 1.165) is 37.2 Å². The Balaban J connectivity index is 1.76. The highest BCUT2D eigenvalue weighted by molar-refractivity contribution is 5.96. The smallest absolute Gasteiger partial charge is 0.254 e. The third-order valence-corrected chi connectivity index (χ3v) is 5.72. The first-order valence-electron chi connectivity index (χ1n) is 10.8. The van der Waals surface area contributed by atoms with E-state index in [1.165, 1.54) is 0 Å². The van der Waals surface area contributed by atoms with Crippen molar-refractivity contribution >= 4 is 11.8 Å². The number of carbonyl (C=O) groups excluding carboxylic acids is 2. The number of benzene rings is 1. The van der Waals surface area contributed by atoms with Crippen LogP contribution in [0.1, 0.15) is 54.8 Å². The molecule has 1 aliphatic heterocycles. The van der Waals surface area contributed by atoms with E-state index in [1.807, 2.05) is 57.2 Å². The summed E-state index contributed by atoms with van der Waals surface area (Å²) < 4.78 is 11.2. The summed E-state index contributed by atoms with van der Waals surface area (Å²) in [4.78, 5) is 29.9. The van der Waals surface area contributed by atoms with Crippen LogP contribution in [-0.4, -0.2) is 53.5 Å². The lowest BCUT2D eigenvalue weighted by Crippen LogP contribution is -2.47. The molecule has 6 heteroatoms. The molecule has 1 saturated heterocycles. The van der Waals surface area contributed by atoms with Gasteiger partial charge < -0.3 is 19.0 Å². The quantitative estimate of drug-likeness (QED) is 0.624. The molecule has 162 valence electrons. The monoisotopic (exact) mass is 412 g/mol. The zero-order valence-corrected chi connectivity index (χ0v) is 18.2. The van der Waals surface area contributed by atoms with Gasteiger partial charge >= 0.3 is 0 Å². The highest BCUT2D eigenvalue weighted by Gasteiger charge is 2.28. The molecule has 0 radical (unpaired) electrons. The van der Waals surface area contributed by atoms with Crippen LogP contribution >= 0.6 is 0 Å². The van der Waals surface area contributed by atoms with Crippen LogP contribution < -0.4 is 0 Å². The van der Waals surface area contributed by atoms with Crippen molar-refractivity contribution in [2.75, 3.05) is 19.7 Å². The predicted octanol–water partition coefficient (Wildman–Crippen LogP) is 4.04. The van der Waals surface area contributed by atoms with Gasteiger partial charge in [-0.25, -0.2) is 0 Å². The molecule has 1 aromatic carbocycles. The molecule has 2 atom stereocenters. The number of nitrogens with zero attached hydrogens (tertiary/aromatic N) is 2. The summed E-state index contributed by atoms with van der Waals surface area (Å²) in [5, 5.41) is 0. The summed E-state index contributed by atoms with van der Waals surface area (Å²) in [5.74, 6) is 0.511. The van der Waals surface area contributed by atoms with Gasteiger partial charge in [0.2, 0.25) is 5.91 Å². The van der Waals surface area contributed by atoms with Gasteiger partial charge in [0.15, 0.2) is 0 Å². The lowest BCUT2D eigenvalue weighted by Gasteiger charge is -2.32. The summed E-state index contributed by atoms with van der Waals surface area (Å²) in [7, 11) is 0. The molecule has 1 aromatic heterocycles. The number of hydrogen-bond donors (Lipinski definition) is 0. The largest absolute Gasteiger partial charge is 0.467 e. The van der Waals surface area contributed by atoms with Gasteiger partial charge in [-0.05, 0) is 57.4 Å². The van der Waals surface area contributed by atoms with Gasteiger partial charge in [0.05, 0.1) is 18.9 Å². The highest BCUT2D eigenvalue weighted by atomic mass is 16.5. The van der Waals surface area contributed by atoms with Crippen LogP contribution in [0, 0.1) is 6.92 Å². The van der Waals surface area contributed by atoms with Crippen LogP contribution in [0.15, 0.2) is 47.1 Å². The molecule has 0 saturated carbocycles. The van der Waals surface area contributed by atoms with Crippen molar-refractivity contribution in [3.8, 4) is 0 Å². The molecule has 3 rings (SSSR count). The summed E-state index contributed by atoms with van der Waals surface area (Å²) in [6.45, 7) is 7.65. The van der Waals surface area contributed by atoms with E-state index in [2.05, 4.69) is 0 Å². The molecule has 1 fully saturated rings. The average molecular weight is 413 g/mol. The van der Waals surface area contributed by atoms with Crippen molar-refractivity contribution in [1.82, 2.24) is 9.80 Å². The van der Waals surface area contributed by atoms with Crippen LogP contribution in [-0.2, 0) is 16.1 Å². The van der Waals surface area contributed by atoms with Crippen molar-refractivity contribution in [3.05, 3.63) is 59.5 Å². The van der Waals surface area contributed by atoms with Gasteiger partial charge in [-0.15, -0.1) is 0 Å². The van der Waals surface area contributed by atoms with E-state index < -0.39 is 0 Å². The second-order valence-corrected chi connectivity index (χ2v) is 8.05. The van der Waals surface area contributed by atoms with Gasteiger partial charge in [-0.3, -0.25) is 9.59 Å². The Morgan fingerprint density at radius 1 is 1.20 bits per heavy atom. The molecule has 0 bridgehead atoms. The molecule has 2 amide bonds. The molecular weight excluding hydrogens is 380 g/mol. The summed E-state index contributed by atoms with van der Waals surface area (Å²) in [6.07, 6.45) is 4.37. The second kappa shape index (κ2) is 10.4. The zero-order valence-electron chi connectivity index (χ0n) is 18.2. The fraction of sp³-hybridized carbons (Fsp3) is 0.500. The summed E-state index contributed by atoms with van der Waals surface area (Å²) in [5.41, 5.74) is 1.70. The molecule has 2 aromatic rings. The van der Waals surface area contributed by atoms with Gasteiger partial charge in [0.25, 0.3) is 5.91 Å². The maximum atomic E-state index is 13.3. The summed E-state index contributed by atoms with van der Waals surface area (Å²) in [6, 6.07) is 11.1. The van der Waals surface area contributed by atoms with Crippen LogP contribution in [0.5, 0.6) is 0 Å². The number of hydrogen-bond acceptors (Lipinski definition) is 4. The first kappa shape index (κ1) is 22.1. The van der Waals surface area contributed by atoms with Crippen LogP contribution in [0.4, 0.5) is 0 Å². The van der Waals surface area contributed by atoms with Crippen molar-refractivity contribution in [3.63, 3.8) is 0 Å². The van der Waals surface area contributed by atoms with E-state index >= 15 is 0 Å².